The van der Waals surface area contributed by atoms with Crippen molar-refractivity contribution in [1.82, 2.24) is 25.1 Å². The summed E-state index contributed by atoms with van der Waals surface area (Å²) < 4.78 is 2.67. The minimum atomic E-state index is -0.0251. The average Bonchev–Trinajstić information content (AvgIpc) is 3.28. The Morgan fingerprint density at radius 1 is 1.00 bits per heavy atom. The molecule has 0 bridgehead atoms. The van der Waals surface area contributed by atoms with E-state index in [-0.39, 0.29) is 16.6 Å². The molecule has 1 saturated heterocycles. The summed E-state index contributed by atoms with van der Waals surface area (Å²) in [4.78, 5) is 18.7. The normalized spacial score (nSPS) is 17.5. The standard InChI is InChI=1S/C27H32N6OS/c1-26(2)13-18(14-27(3,4)31-26)33(6)22-11-10-21(29-30-22)20-9-8-19(25-24(20)28-16-35-25)17-7-12-23(34)32(5)15-17/h7-12,15-16,18,31H,13-14H2,1-6H3. The van der Waals surface area contributed by atoms with Gasteiger partial charge in [-0.25, -0.2) is 4.98 Å². The number of fused-ring (bicyclic) bond motifs is 1. The Morgan fingerprint density at radius 2 is 1.71 bits per heavy atom. The first-order chi connectivity index (χ1) is 16.5. The van der Waals surface area contributed by atoms with E-state index in [9.17, 15) is 4.79 Å². The first-order valence-electron chi connectivity index (χ1n) is 11.9. The number of thiazole rings is 1. The lowest BCUT2D eigenvalue weighted by atomic mass is 9.79. The zero-order valence-electron chi connectivity index (χ0n) is 21.2. The van der Waals surface area contributed by atoms with Crippen LogP contribution < -0.4 is 15.8 Å². The lowest BCUT2D eigenvalue weighted by Gasteiger charge is -2.49. The van der Waals surface area contributed by atoms with Crippen molar-refractivity contribution >= 4 is 27.4 Å². The van der Waals surface area contributed by atoms with Gasteiger partial charge in [0.15, 0.2) is 5.82 Å². The van der Waals surface area contributed by atoms with Crippen LogP contribution in [0.1, 0.15) is 40.5 Å². The number of anilines is 1. The molecule has 0 unspecified atom stereocenters. The molecule has 35 heavy (non-hydrogen) atoms. The van der Waals surface area contributed by atoms with Crippen LogP contribution in [0, 0.1) is 0 Å². The smallest absolute Gasteiger partial charge is 0.250 e. The quantitative estimate of drug-likeness (QED) is 0.442. The van der Waals surface area contributed by atoms with E-state index in [1.165, 1.54) is 0 Å². The summed E-state index contributed by atoms with van der Waals surface area (Å²) in [7, 11) is 3.89. The molecular weight excluding hydrogens is 456 g/mol. The van der Waals surface area contributed by atoms with Gasteiger partial charge in [-0.3, -0.25) is 4.79 Å². The van der Waals surface area contributed by atoms with Gasteiger partial charge < -0.3 is 14.8 Å². The monoisotopic (exact) mass is 488 g/mol. The van der Waals surface area contributed by atoms with Gasteiger partial charge in [-0.15, -0.1) is 21.5 Å². The molecule has 0 atom stereocenters. The fraction of sp³-hybridized carbons (Fsp3) is 0.407. The van der Waals surface area contributed by atoms with Gasteiger partial charge in [0.05, 0.1) is 21.4 Å². The van der Waals surface area contributed by atoms with Gasteiger partial charge in [-0.2, -0.15) is 0 Å². The second-order valence-corrected chi connectivity index (χ2v) is 11.8. The van der Waals surface area contributed by atoms with Gasteiger partial charge in [-0.05, 0) is 70.4 Å². The topological polar surface area (TPSA) is 75.9 Å². The lowest BCUT2D eigenvalue weighted by molar-refractivity contribution is 0.160. The summed E-state index contributed by atoms with van der Waals surface area (Å²) in [6.45, 7) is 9.06. The Hall–Kier alpha value is -3.10. The van der Waals surface area contributed by atoms with E-state index in [1.807, 2.05) is 29.9 Å². The SMILES string of the molecule is CN(c1ccc(-c2ccc(-c3ccc(=O)n(C)c3)c3scnc23)nn1)C1CC(C)(C)NC(C)(C)C1. The summed E-state index contributed by atoms with van der Waals surface area (Å²) in [5.41, 5.74) is 6.67. The summed E-state index contributed by atoms with van der Waals surface area (Å²) in [6, 6.07) is 12.1. The molecule has 5 rings (SSSR count). The predicted octanol–water partition coefficient (Wildman–Crippen LogP) is 4.86. The average molecular weight is 489 g/mol. The highest BCUT2D eigenvalue weighted by atomic mass is 32.1. The molecule has 0 saturated carbocycles. The Balaban J connectivity index is 1.45. The maximum atomic E-state index is 11.8. The number of rotatable bonds is 4. The summed E-state index contributed by atoms with van der Waals surface area (Å²) in [5, 5.41) is 13.0. The highest BCUT2D eigenvalue weighted by Gasteiger charge is 2.39. The van der Waals surface area contributed by atoms with E-state index >= 15 is 0 Å². The van der Waals surface area contributed by atoms with E-state index in [0.29, 0.717) is 6.04 Å². The van der Waals surface area contributed by atoms with Crippen molar-refractivity contribution in [2.45, 2.75) is 57.7 Å². The number of piperidine rings is 1. The number of nitrogens with zero attached hydrogens (tertiary/aromatic N) is 5. The van der Waals surface area contributed by atoms with Gasteiger partial charge >= 0.3 is 0 Å². The van der Waals surface area contributed by atoms with Crippen LogP contribution in [0.15, 0.2) is 52.9 Å². The van der Waals surface area contributed by atoms with Gasteiger partial charge in [-0.1, -0.05) is 6.07 Å². The number of aryl methyl sites for hydroxylation is 1. The van der Waals surface area contributed by atoms with Crippen LogP contribution in [0.3, 0.4) is 0 Å². The lowest BCUT2D eigenvalue weighted by Crippen LogP contribution is -2.62. The number of hydrogen-bond acceptors (Lipinski definition) is 7. The van der Waals surface area contributed by atoms with Gasteiger partial charge in [0, 0.05) is 54.6 Å². The third kappa shape index (κ3) is 4.60. The number of aromatic nitrogens is 4. The highest BCUT2D eigenvalue weighted by Crippen LogP contribution is 2.37. The third-order valence-electron chi connectivity index (χ3n) is 6.88. The largest absolute Gasteiger partial charge is 0.355 e. The van der Waals surface area contributed by atoms with E-state index in [0.717, 1.165) is 51.3 Å². The van der Waals surface area contributed by atoms with Crippen LogP contribution in [0.5, 0.6) is 0 Å². The minimum absolute atomic E-state index is 0.0251. The zero-order chi connectivity index (χ0) is 25.0. The Bertz CT molecular complexity index is 1420. The van der Waals surface area contributed by atoms with Crippen molar-refractivity contribution in [1.29, 1.82) is 0 Å². The van der Waals surface area contributed by atoms with Crippen LogP contribution in [0.25, 0.3) is 32.6 Å². The molecule has 1 aliphatic rings. The summed E-state index contributed by atoms with van der Waals surface area (Å²) in [6.07, 6.45) is 3.95. The van der Waals surface area contributed by atoms with Crippen LogP contribution in [-0.2, 0) is 7.05 Å². The van der Waals surface area contributed by atoms with Gasteiger partial charge in [0.2, 0.25) is 5.56 Å². The van der Waals surface area contributed by atoms with E-state index in [2.05, 4.69) is 72.3 Å². The molecule has 1 aromatic carbocycles. The Kier molecular flexibility index (Phi) is 5.76. The predicted molar refractivity (Wildman–Crippen MR) is 144 cm³/mol. The second-order valence-electron chi connectivity index (χ2n) is 10.9. The van der Waals surface area contributed by atoms with Gasteiger partial charge in [0.1, 0.15) is 0 Å². The molecule has 4 heterocycles. The number of pyridine rings is 1. The number of nitrogens with one attached hydrogen (secondary N) is 1. The van der Waals surface area contributed by atoms with Crippen LogP contribution in [0.4, 0.5) is 5.82 Å². The van der Waals surface area contributed by atoms with E-state index in [4.69, 9.17) is 0 Å². The molecule has 4 aromatic rings. The van der Waals surface area contributed by atoms with Crippen LogP contribution in [0.2, 0.25) is 0 Å². The first-order valence-corrected chi connectivity index (χ1v) is 12.8. The first kappa shape index (κ1) is 23.6. The highest BCUT2D eigenvalue weighted by molar-refractivity contribution is 7.17. The number of hydrogen-bond donors (Lipinski definition) is 1. The molecule has 0 amide bonds. The maximum Gasteiger partial charge on any atom is 0.250 e. The molecule has 8 heteroatoms. The molecule has 1 N–H and O–H groups in total. The van der Waals surface area contributed by atoms with Crippen molar-refractivity contribution in [3.63, 3.8) is 0 Å². The zero-order valence-corrected chi connectivity index (χ0v) is 22.0. The van der Waals surface area contributed by atoms with Crippen molar-refractivity contribution < 1.29 is 0 Å². The van der Waals surface area contributed by atoms with Crippen molar-refractivity contribution in [2.75, 3.05) is 11.9 Å². The van der Waals surface area contributed by atoms with Crippen molar-refractivity contribution in [2.24, 2.45) is 7.05 Å². The second kappa shape index (κ2) is 8.53. The van der Waals surface area contributed by atoms with Crippen molar-refractivity contribution in [3.8, 4) is 22.4 Å². The molecule has 3 aromatic heterocycles. The number of benzene rings is 1. The van der Waals surface area contributed by atoms with E-state index in [1.54, 1.807) is 29.0 Å². The maximum absolute atomic E-state index is 11.8. The van der Waals surface area contributed by atoms with E-state index < -0.39 is 0 Å². The molecular formula is C27H32N6OS. The molecule has 7 nitrogen and oxygen atoms in total. The Morgan fingerprint density at radius 3 is 2.37 bits per heavy atom. The summed E-state index contributed by atoms with van der Waals surface area (Å²) in [5.74, 6) is 0.878. The molecule has 0 spiro atoms. The Labute approximate surface area is 209 Å². The van der Waals surface area contributed by atoms with Gasteiger partial charge in [0.25, 0.3) is 0 Å². The fourth-order valence-corrected chi connectivity index (χ4v) is 6.37. The van der Waals surface area contributed by atoms with Crippen LogP contribution in [-0.4, -0.2) is 43.9 Å². The minimum Gasteiger partial charge on any atom is -0.355 e. The molecule has 1 fully saturated rings. The molecule has 1 aliphatic heterocycles. The molecule has 0 radical (unpaired) electrons. The summed E-state index contributed by atoms with van der Waals surface area (Å²) >= 11 is 1.59. The fourth-order valence-electron chi connectivity index (χ4n) is 5.52. The molecule has 182 valence electrons. The van der Waals surface area contributed by atoms with Crippen molar-refractivity contribution in [3.05, 3.63) is 58.5 Å². The van der Waals surface area contributed by atoms with Crippen LogP contribution >= 0.6 is 11.3 Å². The molecule has 0 aliphatic carbocycles. The third-order valence-corrected chi connectivity index (χ3v) is 7.74.